The van der Waals surface area contributed by atoms with E-state index in [2.05, 4.69) is 0 Å². The molecule has 140 valence electrons. The molecule has 0 aliphatic carbocycles. The maximum atomic E-state index is 12.8. The van der Waals surface area contributed by atoms with Gasteiger partial charge in [-0.25, -0.2) is 4.79 Å². The third-order valence-electron chi connectivity index (χ3n) is 4.77. The van der Waals surface area contributed by atoms with Gasteiger partial charge in [0.2, 0.25) is 0 Å². The number of carbonyl (C=O) groups excluding carboxylic acids is 2. The Labute approximate surface area is 168 Å². The fourth-order valence-corrected chi connectivity index (χ4v) is 3.47. The van der Waals surface area contributed by atoms with Gasteiger partial charge in [0.05, 0.1) is 5.69 Å². The van der Waals surface area contributed by atoms with Crippen molar-refractivity contribution in [3.05, 3.63) is 95.0 Å². The molecule has 1 aliphatic rings. The largest absolute Gasteiger partial charge is 0.423 e. The molecule has 0 saturated carbocycles. The Bertz CT molecular complexity index is 1000. The molecule has 4 nitrogen and oxygen atoms in total. The molecule has 0 saturated heterocycles. The average molecular weight is 392 g/mol. The van der Waals surface area contributed by atoms with Crippen molar-refractivity contribution < 1.29 is 14.3 Å². The highest BCUT2D eigenvalue weighted by Gasteiger charge is 2.36. The molecule has 4 rings (SSSR count). The van der Waals surface area contributed by atoms with Gasteiger partial charge in [0.1, 0.15) is 6.04 Å². The molecule has 0 bridgehead atoms. The van der Waals surface area contributed by atoms with E-state index in [1.807, 2.05) is 65.6 Å². The van der Waals surface area contributed by atoms with E-state index < -0.39 is 12.0 Å². The van der Waals surface area contributed by atoms with Crippen molar-refractivity contribution in [3.63, 3.8) is 0 Å². The zero-order chi connectivity index (χ0) is 19.5. The van der Waals surface area contributed by atoms with Gasteiger partial charge in [-0.2, -0.15) is 0 Å². The van der Waals surface area contributed by atoms with Crippen LogP contribution in [0.1, 0.15) is 22.3 Å². The Kier molecular flexibility index (Phi) is 5.13. The molecule has 0 fully saturated rings. The summed E-state index contributed by atoms with van der Waals surface area (Å²) in [5.74, 6) is -0.00939. The number of para-hydroxylation sites is 2. The van der Waals surface area contributed by atoms with Gasteiger partial charge in [0.25, 0.3) is 0 Å². The van der Waals surface area contributed by atoms with E-state index in [0.717, 1.165) is 11.3 Å². The second kappa shape index (κ2) is 7.87. The summed E-state index contributed by atoms with van der Waals surface area (Å²) >= 11 is 5.99. The van der Waals surface area contributed by atoms with Crippen LogP contribution in [0.25, 0.3) is 0 Å². The molecule has 1 atom stereocenters. The van der Waals surface area contributed by atoms with E-state index in [4.69, 9.17) is 16.3 Å². The average Bonchev–Trinajstić information content (AvgIpc) is 2.72. The summed E-state index contributed by atoms with van der Waals surface area (Å²) in [5, 5.41) is 0.651. The predicted octanol–water partition coefficient (Wildman–Crippen LogP) is 4.91. The molecule has 28 heavy (non-hydrogen) atoms. The molecule has 1 aliphatic heterocycles. The van der Waals surface area contributed by atoms with Gasteiger partial charge in [-0.05, 0) is 29.8 Å². The molecule has 0 amide bonds. The number of nitrogens with zero attached hydrogens (tertiary/aromatic N) is 1. The first kappa shape index (κ1) is 18.3. The smallest absolute Gasteiger partial charge is 0.334 e. The summed E-state index contributed by atoms with van der Waals surface area (Å²) in [6, 6.07) is 23.1. The quantitative estimate of drug-likeness (QED) is 0.352. The van der Waals surface area contributed by atoms with Gasteiger partial charge in [-0.1, -0.05) is 66.2 Å². The lowest BCUT2D eigenvalue weighted by Gasteiger charge is -2.36. The number of fused-ring (bicyclic) bond motifs is 1. The van der Waals surface area contributed by atoms with E-state index >= 15 is 0 Å². The van der Waals surface area contributed by atoms with Gasteiger partial charge in [0, 0.05) is 23.6 Å². The molecule has 0 aromatic heterocycles. The first-order valence-electron chi connectivity index (χ1n) is 9.02. The number of esters is 1. The normalized spacial score (nSPS) is 15.7. The van der Waals surface area contributed by atoms with Crippen LogP contribution in [0, 0.1) is 0 Å². The van der Waals surface area contributed by atoms with Crippen LogP contribution in [0.3, 0.4) is 0 Å². The summed E-state index contributed by atoms with van der Waals surface area (Å²) in [5.41, 5.74) is 2.37. The van der Waals surface area contributed by atoms with Crippen molar-refractivity contribution in [3.8, 4) is 5.75 Å². The number of rotatable bonds is 5. The zero-order valence-electron chi connectivity index (χ0n) is 15.0. The summed E-state index contributed by atoms with van der Waals surface area (Å²) in [6.07, 6.45) is 0.0464. The Morgan fingerprint density at radius 2 is 1.61 bits per heavy atom. The van der Waals surface area contributed by atoms with Crippen LogP contribution in [0.5, 0.6) is 5.75 Å². The Morgan fingerprint density at radius 3 is 2.36 bits per heavy atom. The van der Waals surface area contributed by atoms with Gasteiger partial charge in [-0.15, -0.1) is 0 Å². The third kappa shape index (κ3) is 3.78. The van der Waals surface area contributed by atoms with Crippen LogP contribution in [0.15, 0.2) is 78.9 Å². The highest BCUT2D eigenvalue weighted by Crippen LogP contribution is 2.36. The number of ketones is 1. The minimum absolute atomic E-state index is 0.0464. The lowest BCUT2D eigenvalue weighted by molar-refractivity contribution is -0.136. The van der Waals surface area contributed by atoms with E-state index in [0.29, 0.717) is 22.9 Å². The van der Waals surface area contributed by atoms with Crippen molar-refractivity contribution in [1.82, 2.24) is 0 Å². The standard InChI is InChI=1S/C23H18ClNO3/c24-18-12-10-16(11-13-18)15-25-19-8-4-5-9-22(19)28-23(27)20(25)14-21(26)17-6-2-1-3-7-17/h1-13,20H,14-15H2. The maximum Gasteiger partial charge on any atom is 0.334 e. The molecule has 1 unspecified atom stereocenters. The van der Waals surface area contributed by atoms with Crippen molar-refractivity contribution in [2.45, 2.75) is 19.0 Å². The number of ether oxygens (including phenoxy) is 1. The predicted molar refractivity (Wildman–Crippen MR) is 109 cm³/mol. The van der Waals surface area contributed by atoms with Crippen molar-refractivity contribution in [2.24, 2.45) is 0 Å². The van der Waals surface area contributed by atoms with Crippen LogP contribution in [-0.4, -0.2) is 17.8 Å². The summed E-state index contributed by atoms with van der Waals surface area (Å²) in [7, 11) is 0. The van der Waals surface area contributed by atoms with Crippen LogP contribution >= 0.6 is 11.6 Å². The molecule has 3 aromatic rings. The van der Waals surface area contributed by atoms with Gasteiger partial charge < -0.3 is 9.64 Å². The fraction of sp³-hybridized carbons (Fsp3) is 0.130. The molecular weight excluding hydrogens is 374 g/mol. The van der Waals surface area contributed by atoms with Gasteiger partial charge >= 0.3 is 5.97 Å². The number of halogens is 1. The number of Topliss-reactive ketones (excluding diaryl/α,β-unsaturated/α-hetero) is 1. The van der Waals surface area contributed by atoms with Crippen molar-refractivity contribution in [2.75, 3.05) is 4.90 Å². The minimum atomic E-state index is -0.696. The number of benzene rings is 3. The second-order valence-corrected chi connectivity index (χ2v) is 7.09. The Morgan fingerprint density at radius 1 is 0.929 bits per heavy atom. The minimum Gasteiger partial charge on any atom is -0.423 e. The lowest BCUT2D eigenvalue weighted by atomic mass is 10.00. The second-order valence-electron chi connectivity index (χ2n) is 6.65. The fourth-order valence-electron chi connectivity index (χ4n) is 3.35. The summed E-state index contributed by atoms with van der Waals surface area (Å²) in [4.78, 5) is 27.4. The van der Waals surface area contributed by atoms with E-state index in [9.17, 15) is 9.59 Å². The van der Waals surface area contributed by atoms with Crippen LogP contribution in [0.2, 0.25) is 5.02 Å². The number of hydrogen-bond donors (Lipinski definition) is 0. The third-order valence-corrected chi connectivity index (χ3v) is 5.03. The highest BCUT2D eigenvalue weighted by atomic mass is 35.5. The molecule has 0 N–H and O–H groups in total. The molecule has 5 heteroatoms. The lowest BCUT2D eigenvalue weighted by Crippen LogP contribution is -2.47. The number of carbonyl (C=O) groups is 2. The van der Waals surface area contributed by atoms with Gasteiger partial charge in [-0.3, -0.25) is 4.79 Å². The van der Waals surface area contributed by atoms with Crippen LogP contribution < -0.4 is 9.64 Å². The van der Waals surface area contributed by atoms with Gasteiger partial charge in [0.15, 0.2) is 11.5 Å². The molecule has 1 heterocycles. The van der Waals surface area contributed by atoms with E-state index in [-0.39, 0.29) is 12.2 Å². The topological polar surface area (TPSA) is 46.6 Å². The van der Waals surface area contributed by atoms with Crippen LogP contribution in [-0.2, 0) is 11.3 Å². The first-order chi connectivity index (χ1) is 13.6. The highest BCUT2D eigenvalue weighted by molar-refractivity contribution is 6.30. The summed E-state index contributed by atoms with van der Waals surface area (Å²) < 4.78 is 5.51. The number of hydrogen-bond acceptors (Lipinski definition) is 4. The molecular formula is C23H18ClNO3. The Hall–Kier alpha value is -3.11. The van der Waals surface area contributed by atoms with Crippen LogP contribution in [0.4, 0.5) is 5.69 Å². The SMILES string of the molecule is O=C(CC1C(=O)Oc2ccccc2N1Cc1ccc(Cl)cc1)c1ccccc1. The monoisotopic (exact) mass is 391 g/mol. The molecule has 0 spiro atoms. The Balaban J connectivity index is 1.67. The zero-order valence-corrected chi connectivity index (χ0v) is 15.8. The maximum absolute atomic E-state index is 12.8. The van der Waals surface area contributed by atoms with Crippen molar-refractivity contribution >= 4 is 29.0 Å². The molecule has 3 aromatic carbocycles. The van der Waals surface area contributed by atoms with Crippen molar-refractivity contribution in [1.29, 1.82) is 0 Å². The summed E-state index contributed by atoms with van der Waals surface area (Å²) in [6.45, 7) is 0.468. The van der Waals surface area contributed by atoms with E-state index in [1.54, 1.807) is 18.2 Å². The number of anilines is 1. The van der Waals surface area contributed by atoms with E-state index in [1.165, 1.54) is 0 Å². The first-order valence-corrected chi connectivity index (χ1v) is 9.39. The molecule has 0 radical (unpaired) electrons.